The fraction of sp³-hybridized carbons (Fsp3) is 0.435. The molecule has 2 saturated heterocycles. The van der Waals surface area contributed by atoms with E-state index in [1.165, 1.54) is 0 Å². The molecule has 2 aliphatic rings. The van der Waals surface area contributed by atoms with Gasteiger partial charge in [-0.05, 0) is 25.5 Å². The lowest BCUT2D eigenvalue weighted by molar-refractivity contribution is 0.122. The Morgan fingerprint density at radius 1 is 1.00 bits per heavy atom. The summed E-state index contributed by atoms with van der Waals surface area (Å²) in [6.07, 6.45) is 0.350. The summed E-state index contributed by atoms with van der Waals surface area (Å²) in [7, 11) is 0. The molecule has 3 aromatic rings. The van der Waals surface area contributed by atoms with E-state index in [0.29, 0.717) is 19.8 Å². The van der Waals surface area contributed by atoms with E-state index in [2.05, 4.69) is 33.0 Å². The smallest absolute Gasteiger partial charge is 0.227 e. The Kier molecular flexibility index (Phi) is 5.23. The van der Waals surface area contributed by atoms with Crippen molar-refractivity contribution in [1.82, 2.24) is 15.0 Å². The van der Waals surface area contributed by atoms with Crippen molar-refractivity contribution in [2.45, 2.75) is 19.4 Å². The Labute approximate surface area is 176 Å². The summed E-state index contributed by atoms with van der Waals surface area (Å²) in [5.74, 6) is 1.76. The number of para-hydroxylation sites is 1. The summed E-state index contributed by atoms with van der Waals surface area (Å²) < 4.78 is 5.45. The first-order valence-electron chi connectivity index (χ1n) is 10.6. The second kappa shape index (κ2) is 8.16. The number of aromatic nitrogens is 3. The predicted molar refractivity (Wildman–Crippen MR) is 117 cm³/mol. The first-order valence-corrected chi connectivity index (χ1v) is 10.6. The van der Waals surface area contributed by atoms with Crippen molar-refractivity contribution in [1.29, 1.82) is 0 Å². The molecule has 0 unspecified atom stereocenters. The Morgan fingerprint density at radius 2 is 1.83 bits per heavy atom. The first kappa shape index (κ1) is 19.2. The number of hydrogen-bond donors (Lipinski definition) is 1. The molecule has 4 heterocycles. The van der Waals surface area contributed by atoms with E-state index >= 15 is 0 Å². The number of benzene rings is 1. The Hall–Kier alpha value is -2.77. The van der Waals surface area contributed by atoms with Crippen molar-refractivity contribution in [2.75, 3.05) is 49.2 Å². The maximum atomic E-state index is 10.7. The molecule has 0 radical (unpaired) electrons. The zero-order valence-corrected chi connectivity index (χ0v) is 17.2. The molecule has 0 spiro atoms. The average molecular weight is 406 g/mol. The van der Waals surface area contributed by atoms with Crippen molar-refractivity contribution >= 4 is 22.7 Å². The van der Waals surface area contributed by atoms with Crippen molar-refractivity contribution < 1.29 is 9.84 Å². The number of hydrogen-bond acceptors (Lipinski definition) is 7. The predicted octanol–water partition coefficient (Wildman–Crippen LogP) is 2.21. The summed E-state index contributed by atoms with van der Waals surface area (Å²) in [5.41, 5.74) is 2.96. The van der Waals surface area contributed by atoms with Gasteiger partial charge in [0.2, 0.25) is 5.95 Å². The fourth-order valence-electron chi connectivity index (χ4n) is 4.34. The molecule has 2 atom stereocenters. The van der Waals surface area contributed by atoms with Gasteiger partial charge in [0.25, 0.3) is 0 Å². The highest BCUT2D eigenvalue weighted by Crippen LogP contribution is 2.27. The summed E-state index contributed by atoms with van der Waals surface area (Å²) in [6.45, 7) is 6.36. The molecule has 1 N–H and O–H groups in total. The van der Waals surface area contributed by atoms with Crippen LogP contribution in [0.15, 0.2) is 42.5 Å². The van der Waals surface area contributed by atoms with Gasteiger partial charge in [0, 0.05) is 54.9 Å². The molecular formula is C23H27N5O2. The Morgan fingerprint density at radius 3 is 2.70 bits per heavy atom. The molecule has 156 valence electrons. The number of rotatable bonds is 4. The van der Waals surface area contributed by atoms with Gasteiger partial charge >= 0.3 is 0 Å². The summed E-state index contributed by atoms with van der Waals surface area (Å²) in [4.78, 5) is 18.6. The molecule has 0 bridgehead atoms. The highest BCUT2D eigenvalue weighted by Gasteiger charge is 2.33. The zero-order chi connectivity index (χ0) is 20.5. The lowest BCUT2D eigenvalue weighted by Gasteiger charge is -2.28. The molecule has 5 rings (SSSR count). The van der Waals surface area contributed by atoms with Crippen LogP contribution in [0.25, 0.3) is 10.9 Å². The van der Waals surface area contributed by atoms with Gasteiger partial charge in [-0.1, -0.05) is 24.3 Å². The van der Waals surface area contributed by atoms with Crippen LogP contribution >= 0.6 is 0 Å². The van der Waals surface area contributed by atoms with E-state index in [4.69, 9.17) is 14.7 Å². The van der Waals surface area contributed by atoms with Gasteiger partial charge in [-0.25, -0.2) is 4.98 Å². The molecule has 7 heteroatoms. The Bertz CT molecular complexity index is 1040. The number of ether oxygens (including phenoxy) is 1. The summed E-state index contributed by atoms with van der Waals surface area (Å²) in [6, 6.07) is 14.3. The van der Waals surface area contributed by atoms with E-state index < -0.39 is 6.10 Å². The van der Waals surface area contributed by atoms with Crippen LogP contribution in [0.3, 0.4) is 0 Å². The highest BCUT2D eigenvalue weighted by atomic mass is 16.5. The molecule has 1 aromatic carbocycles. The van der Waals surface area contributed by atoms with Crippen LogP contribution in [0.2, 0.25) is 0 Å². The number of morpholine rings is 1. The minimum absolute atomic E-state index is 0.126. The molecule has 7 nitrogen and oxygen atoms in total. The molecule has 30 heavy (non-hydrogen) atoms. The summed E-state index contributed by atoms with van der Waals surface area (Å²) >= 11 is 0. The van der Waals surface area contributed by atoms with Crippen molar-refractivity contribution in [3.63, 3.8) is 0 Å². The first-order chi connectivity index (χ1) is 14.7. The molecule has 2 aliphatic heterocycles. The van der Waals surface area contributed by atoms with Gasteiger partial charge in [0.1, 0.15) is 5.82 Å². The number of aryl methyl sites for hydroxylation is 1. The molecule has 0 aliphatic carbocycles. The van der Waals surface area contributed by atoms with Crippen LogP contribution in [-0.2, 0) is 11.2 Å². The molecule has 0 amide bonds. The van der Waals surface area contributed by atoms with Gasteiger partial charge in [-0.15, -0.1) is 0 Å². The van der Waals surface area contributed by atoms with Crippen molar-refractivity contribution in [2.24, 2.45) is 5.92 Å². The quantitative estimate of drug-likeness (QED) is 0.713. The third-order valence-electron chi connectivity index (χ3n) is 5.98. The van der Waals surface area contributed by atoms with Crippen LogP contribution < -0.4 is 9.80 Å². The van der Waals surface area contributed by atoms with E-state index in [0.717, 1.165) is 60.1 Å². The second-order valence-electron chi connectivity index (χ2n) is 8.20. The van der Waals surface area contributed by atoms with Crippen LogP contribution in [0, 0.1) is 12.8 Å². The summed E-state index contributed by atoms with van der Waals surface area (Å²) in [5, 5.41) is 11.9. The van der Waals surface area contributed by atoms with Gasteiger partial charge in [-0.3, -0.25) is 4.98 Å². The van der Waals surface area contributed by atoms with Crippen molar-refractivity contribution in [3.8, 4) is 0 Å². The number of fused-ring (bicyclic) bond motifs is 1. The topological polar surface area (TPSA) is 74.6 Å². The van der Waals surface area contributed by atoms with E-state index in [1.54, 1.807) is 0 Å². The van der Waals surface area contributed by atoms with E-state index in [1.807, 2.05) is 31.2 Å². The van der Waals surface area contributed by atoms with Crippen LogP contribution in [-0.4, -0.2) is 65.6 Å². The third kappa shape index (κ3) is 3.95. The number of nitrogens with zero attached hydrogens (tertiary/aromatic N) is 5. The minimum atomic E-state index is -0.402. The maximum absolute atomic E-state index is 10.7. The van der Waals surface area contributed by atoms with Gasteiger partial charge in [0.15, 0.2) is 0 Å². The SMILES string of the molecule is Cc1cc(N2C[C@@H](Cc3ccc4ccccc4n3)[C@H](O)C2)nc(N2CCOCC2)n1. The molecule has 0 saturated carbocycles. The molecular weight excluding hydrogens is 378 g/mol. The molecule has 2 aromatic heterocycles. The second-order valence-corrected chi connectivity index (χ2v) is 8.20. The monoisotopic (exact) mass is 405 g/mol. The zero-order valence-electron chi connectivity index (χ0n) is 17.2. The minimum Gasteiger partial charge on any atom is -0.391 e. The number of anilines is 2. The van der Waals surface area contributed by atoms with Gasteiger partial charge in [0.05, 0.1) is 24.8 Å². The van der Waals surface area contributed by atoms with Crippen LogP contribution in [0.4, 0.5) is 11.8 Å². The number of pyridine rings is 1. The largest absolute Gasteiger partial charge is 0.391 e. The standard InChI is InChI=1S/C23H27N5O2/c1-16-12-22(26-23(24-16)27-8-10-30-11-9-27)28-14-18(21(29)15-28)13-19-7-6-17-4-2-3-5-20(17)25-19/h2-7,12,18,21,29H,8-11,13-15H2,1H3/t18-,21-/m1/s1. The lowest BCUT2D eigenvalue weighted by atomic mass is 9.99. The lowest BCUT2D eigenvalue weighted by Crippen LogP contribution is -2.37. The maximum Gasteiger partial charge on any atom is 0.227 e. The average Bonchev–Trinajstić information content (AvgIpc) is 3.14. The number of aliphatic hydroxyl groups is 1. The number of aliphatic hydroxyl groups excluding tert-OH is 1. The fourth-order valence-corrected chi connectivity index (χ4v) is 4.34. The van der Waals surface area contributed by atoms with Gasteiger partial charge in [-0.2, -0.15) is 4.98 Å². The Balaban J connectivity index is 1.33. The number of β-amino-alcohol motifs (C(OH)–C–C–N with tert-alkyl or cyclic N) is 1. The van der Waals surface area contributed by atoms with Crippen LogP contribution in [0.1, 0.15) is 11.4 Å². The third-order valence-corrected chi connectivity index (χ3v) is 5.98. The van der Waals surface area contributed by atoms with Crippen LogP contribution in [0.5, 0.6) is 0 Å². The van der Waals surface area contributed by atoms with Gasteiger partial charge < -0.3 is 19.6 Å². The highest BCUT2D eigenvalue weighted by molar-refractivity contribution is 5.78. The van der Waals surface area contributed by atoms with E-state index in [-0.39, 0.29) is 5.92 Å². The van der Waals surface area contributed by atoms with Crippen molar-refractivity contribution in [3.05, 3.63) is 53.9 Å². The normalized spacial score (nSPS) is 22.1. The molecule has 2 fully saturated rings. The van der Waals surface area contributed by atoms with E-state index in [9.17, 15) is 5.11 Å².